The summed E-state index contributed by atoms with van der Waals surface area (Å²) in [7, 11) is 0. The van der Waals surface area contributed by atoms with Gasteiger partial charge in [0.2, 0.25) is 0 Å². The number of carbonyl (C=O) groups excluding carboxylic acids is 2. The van der Waals surface area contributed by atoms with Crippen LogP contribution >= 0.6 is 0 Å². The molecular weight excluding hydrogens is 483 g/mol. The van der Waals surface area contributed by atoms with Gasteiger partial charge in [0, 0.05) is 11.6 Å². The first-order valence-electron chi connectivity index (χ1n) is 10.8. The maximum atomic E-state index is 13.4. The summed E-state index contributed by atoms with van der Waals surface area (Å²) >= 11 is 0. The molecule has 1 amide bonds. The van der Waals surface area contributed by atoms with Crippen LogP contribution in [0, 0.1) is 0 Å². The second kappa shape index (κ2) is 9.87. The highest BCUT2D eigenvalue weighted by molar-refractivity contribution is 6.04. The molecule has 35 heavy (non-hydrogen) atoms. The summed E-state index contributed by atoms with van der Waals surface area (Å²) < 4.78 is 98.5. The minimum Gasteiger partial charge on any atom is -0.449 e. The summed E-state index contributed by atoms with van der Waals surface area (Å²) in [6.07, 6.45) is -10.7. The molecule has 11 heteroatoms. The van der Waals surface area contributed by atoms with Crippen LogP contribution in [0.25, 0.3) is 0 Å². The van der Waals surface area contributed by atoms with Crippen LogP contribution in [0.4, 0.5) is 41.2 Å². The number of carbonyl (C=O) groups is 2. The van der Waals surface area contributed by atoms with Crippen molar-refractivity contribution in [2.75, 3.05) is 11.5 Å². The molecule has 0 unspecified atom stereocenters. The Balaban J connectivity index is 2.18. The van der Waals surface area contributed by atoms with E-state index in [1.54, 1.807) is 13.8 Å². The third kappa shape index (κ3) is 5.43. The van der Waals surface area contributed by atoms with Crippen molar-refractivity contribution in [2.45, 2.75) is 57.7 Å². The molecule has 3 rings (SSSR count). The quantitative estimate of drug-likeness (QED) is 0.316. The first-order valence-corrected chi connectivity index (χ1v) is 10.8. The van der Waals surface area contributed by atoms with Crippen molar-refractivity contribution < 1.29 is 45.1 Å². The zero-order valence-corrected chi connectivity index (χ0v) is 18.8. The largest absolute Gasteiger partial charge is 0.449 e. The SMILES string of the molecule is CCOC(=O)N1c2ccc(CF)cc2[C@@H](C(=O)c2cc(C(F)(F)F)cc(C(F)(F)F)c2)C[C@@H]1CC. The first kappa shape index (κ1) is 26.5. The van der Waals surface area contributed by atoms with Gasteiger partial charge in [0.25, 0.3) is 0 Å². The monoisotopic (exact) mass is 505 g/mol. The highest BCUT2D eigenvalue weighted by atomic mass is 19.4. The van der Waals surface area contributed by atoms with Crippen LogP contribution in [0.2, 0.25) is 0 Å². The number of amides is 1. The van der Waals surface area contributed by atoms with Crippen molar-refractivity contribution >= 4 is 17.6 Å². The lowest BCUT2D eigenvalue weighted by molar-refractivity contribution is -0.143. The number of Topliss-reactive ketones (excluding diaryl/α,β-unsaturated/α-hetero) is 1. The molecule has 0 spiro atoms. The van der Waals surface area contributed by atoms with Gasteiger partial charge >= 0.3 is 18.4 Å². The van der Waals surface area contributed by atoms with E-state index in [0.717, 1.165) is 0 Å². The Kier molecular flexibility index (Phi) is 7.47. The van der Waals surface area contributed by atoms with Gasteiger partial charge in [0.05, 0.1) is 29.3 Å². The molecule has 2 atom stereocenters. The molecule has 0 radical (unpaired) electrons. The number of benzene rings is 2. The van der Waals surface area contributed by atoms with Gasteiger partial charge in [0.15, 0.2) is 5.78 Å². The molecule has 0 fully saturated rings. The van der Waals surface area contributed by atoms with Crippen molar-refractivity contribution in [3.8, 4) is 0 Å². The summed E-state index contributed by atoms with van der Waals surface area (Å²) in [4.78, 5) is 27.3. The molecule has 0 bridgehead atoms. The number of anilines is 1. The third-order valence-electron chi connectivity index (χ3n) is 5.88. The molecule has 0 aliphatic carbocycles. The number of ether oxygens (including phenoxy) is 1. The lowest BCUT2D eigenvalue weighted by Gasteiger charge is -2.39. The second-order valence-electron chi connectivity index (χ2n) is 8.10. The highest BCUT2D eigenvalue weighted by Gasteiger charge is 2.42. The molecule has 1 aliphatic heterocycles. The number of ketones is 1. The van der Waals surface area contributed by atoms with E-state index < -0.39 is 59.6 Å². The molecule has 2 aromatic carbocycles. The van der Waals surface area contributed by atoms with Gasteiger partial charge in [-0.1, -0.05) is 19.1 Å². The van der Waals surface area contributed by atoms with E-state index in [2.05, 4.69) is 0 Å². The zero-order valence-electron chi connectivity index (χ0n) is 18.8. The van der Waals surface area contributed by atoms with Crippen LogP contribution in [-0.2, 0) is 23.8 Å². The fourth-order valence-corrected chi connectivity index (χ4v) is 4.22. The van der Waals surface area contributed by atoms with Crippen LogP contribution in [0.3, 0.4) is 0 Å². The molecular formula is C24H22F7NO3. The molecule has 0 saturated carbocycles. The van der Waals surface area contributed by atoms with Gasteiger partial charge < -0.3 is 4.74 Å². The molecule has 190 valence electrons. The normalized spacial score (nSPS) is 18.3. The van der Waals surface area contributed by atoms with Gasteiger partial charge in [-0.25, -0.2) is 9.18 Å². The number of fused-ring (bicyclic) bond motifs is 1. The first-order chi connectivity index (χ1) is 16.3. The Labute approximate surface area is 196 Å². The predicted octanol–water partition coefficient (Wildman–Crippen LogP) is 7.31. The minimum absolute atomic E-state index is 0.0515. The van der Waals surface area contributed by atoms with Crippen molar-refractivity contribution in [2.24, 2.45) is 0 Å². The Hall–Kier alpha value is -3.11. The van der Waals surface area contributed by atoms with Gasteiger partial charge in [-0.3, -0.25) is 9.69 Å². The predicted molar refractivity (Wildman–Crippen MR) is 113 cm³/mol. The maximum absolute atomic E-state index is 13.4. The topological polar surface area (TPSA) is 46.6 Å². The van der Waals surface area contributed by atoms with Crippen molar-refractivity contribution in [3.63, 3.8) is 0 Å². The number of nitrogens with zero attached hydrogens (tertiary/aromatic N) is 1. The van der Waals surface area contributed by atoms with Crippen molar-refractivity contribution in [1.29, 1.82) is 0 Å². The van der Waals surface area contributed by atoms with Gasteiger partial charge in [-0.05, 0) is 55.2 Å². The average molecular weight is 505 g/mol. The van der Waals surface area contributed by atoms with E-state index in [4.69, 9.17) is 4.74 Å². The van der Waals surface area contributed by atoms with Crippen molar-refractivity contribution in [1.82, 2.24) is 0 Å². The number of alkyl halides is 7. The number of halogens is 7. The fraction of sp³-hybridized carbons (Fsp3) is 0.417. The molecule has 2 aromatic rings. The fourth-order valence-electron chi connectivity index (χ4n) is 4.22. The summed E-state index contributed by atoms with van der Waals surface area (Å²) in [6.45, 7) is 2.43. The number of rotatable bonds is 5. The summed E-state index contributed by atoms with van der Waals surface area (Å²) in [5.74, 6) is -2.18. The van der Waals surface area contributed by atoms with Crippen LogP contribution in [0.5, 0.6) is 0 Å². The van der Waals surface area contributed by atoms with E-state index in [0.29, 0.717) is 18.6 Å². The summed E-state index contributed by atoms with van der Waals surface area (Å²) in [5, 5.41) is 0. The zero-order chi connectivity index (χ0) is 26.1. The standard InChI is InChI=1S/C24H22F7NO3/c1-3-17-11-19(18-7-13(12-25)5-6-20(18)32(17)22(34)35-4-2)21(33)14-8-15(23(26,27)28)10-16(9-14)24(29,30)31/h5-10,17,19H,3-4,11-12H2,1-2H3/t17-,19-/m0/s1. The van der Waals surface area contributed by atoms with E-state index in [1.807, 2.05) is 0 Å². The molecule has 0 N–H and O–H groups in total. The van der Waals surface area contributed by atoms with Crippen LogP contribution in [0.1, 0.15) is 65.2 Å². The Morgan fingerprint density at radius 3 is 2.06 bits per heavy atom. The van der Waals surface area contributed by atoms with Crippen molar-refractivity contribution in [3.05, 3.63) is 64.2 Å². The van der Waals surface area contributed by atoms with E-state index >= 15 is 0 Å². The molecule has 0 aromatic heterocycles. The average Bonchev–Trinajstić information content (AvgIpc) is 2.80. The molecule has 0 saturated heterocycles. The Bertz CT molecular complexity index is 1080. The summed E-state index contributed by atoms with van der Waals surface area (Å²) in [5.41, 5.74) is -3.52. The second-order valence-corrected chi connectivity index (χ2v) is 8.10. The van der Waals surface area contributed by atoms with Gasteiger partial charge in [0.1, 0.15) is 6.67 Å². The Morgan fingerprint density at radius 1 is 0.971 bits per heavy atom. The van der Waals surface area contributed by atoms with Gasteiger partial charge in [-0.15, -0.1) is 0 Å². The minimum atomic E-state index is -5.12. The lowest BCUT2D eigenvalue weighted by Crippen LogP contribution is -2.46. The maximum Gasteiger partial charge on any atom is 0.416 e. The van der Waals surface area contributed by atoms with E-state index in [-0.39, 0.29) is 35.9 Å². The highest BCUT2D eigenvalue weighted by Crippen LogP contribution is 2.43. The van der Waals surface area contributed by atoms with Crippen LogP contribution in [-0.4, -0.2) is 24.5 Å². The number of hydrogen-bond donors (Lipinski definition) is 0. The van der Waals surface area contributed by atoms with E-state index in [1.165, 1.54) is 23.1 Å². The number of hydrogen-bond acceptors (Lipinski definition) is 3. The van der Waals surface area contributed by atoms with Crippen LogP contribution < -0.4 is 4.90 Å². The van der Waals surface area contributed by atoms with Crippen LogP contribution in [0.15, 0.2) is 36.4 Å². The molecule has 1 aliphatic rings. The lowest BCUT2D eigenvalue weighted by atomic mass is 9.79. The van der Waals surface area contributed by atoms with Gasteiger partial charge in [-0.2, -0.15) is 26.3 Å². The molecule has 4 nitrogen and oxygen atoms in total. The molecule has 1 heterocycles. The summed E-state index contributed by atoms with van der Waals surface area (Å²) in [6, 6.07) is 4.18. The third-order valence-corrected chi connectivity index (χ3v) is 5.88. The Morgan fingerprint density at radius 2 is 1.57 bits per heavy atom. The smallest absolute Gasteiger partial charge is 0.416 e. The van der Waals surface area contributed by atoms with E-state index in [9.17, 15) is 40.3 Å².